The first-order valence-corrected chi connectivity index (χ1v) is 11.7. The molecule has 0 saturated heterocycles. The Morgan fingerprint density at radius 3 is 2.55 bits per heavy atom. The Morgan fingerprint density at radius 2 is 1.85 bits per heavy atom. The maximum absolute atomic E-state index is 13.8. The average Bonchev–Trinajstić information content (AvgIpc) is 3.07. The highest BCUT2D eigenvalue weighted by molar-refractivity contribution is 7.89. The van der Waals surface area contributed by atoms with Crippen LogP contribution >= 0.6 is 11.6 Å². The number of rotatable bonds is 6. The Hall–Kier alpha value is -3.44. The molecule has 0 aliphatic rings. The maximum Gasteiger partial charge on any atom is 0.340 e. The molecule has 0 saturated carbocycles. The highest BCUT2D eigenvalue weighted by Gasteiger charge is 2.16. The predicted molar refractivity (Wildman–Crippen MR) is 118 cm³/mol. The molecular formula is C21H16ClF2N3O5S. The van der Waals surface area contributed by atoms with Gasteiger partial charge in [-0.15, -0.1) is 0 Å². The monoisotopic (exact) mass is 495 g/mol. The molecule has 0 aliphatic carbocycles. The van der Waals surface area contributed by atoms with Crippen LogP contribution in [-0.2, 0) is 23.2 Å². The van der Waals surface area contributed by atoms with Gasteiger partial charge in [-0.2, -0.15) is 3.97 Å². The summed E-state index contributed by atoms with van der Waals surface area (Å²) in [6.07, 6.45) is 2.32. The molecular weight excluding hydrogens is 480 g/mol. The molecule has 0 unspecified atom stereocenters. The molecule has 1 N–H and O–H groups in total. The van der Waals surface area contributed by atoms with Crippen LogP contribution in [0.4, 0.5) is 8.78 Å². The molecule has 2 aromatic carbocycles. The van der Waals surface area contributed by atoms with E-state index < -0.39 is 32.9 Å². The number of hydrogen-bond donors (Lipinski definition) is 1. The van der Waals surface area contributed by atoms with E-state index in [1.807, 2.05) is 0 Å². The Bertz CT molecular complexity index is 1610. The van der Waals surface area contributed by atoms with Crippen LogP contribution in [-0.4, -0.2) is 28.2 Å². The van der Waals surface area contributed by atoms with E-state index in [1.165, 1.54) is 35.0 Å². The van der Waals surface area contributed by atoms with Crippen molar-refractivity contribution in [1.82, 2.24) is 13.5 Å². The number of halogens is 3. The van der Waals surface area contributed by atoms with Crippen molar-refractivity contribution < 1.29 is 21.9 Å². The van der Waals surface area contributed by atoms with Crippen LogP contribution in [0, 0.1) is 11.6 Å². The smallest absolute Gasteiger partial charge is 0.340 e. The third kappa shape index (κ3) is 4.55. The number of nitrogens with zero attached hydrogens (tertiary/aromatic N) is 2. The topological polar surface area (TPSA) is 103 Å². The summed E-state index contributed by atoms with van der Waals surface area (Å²) in [4.78, 5) is 27.1. The summed E-state index contributed by atoms with van der Waals surface area (Å²) in [6, 6.07) is 9.12. The summed E-state index contributed by atoms with van der Waals surface area (Å²) >= 11 is 6.14. The van der Waals surface area contributed by atoms with E-state index >= 15 is 0 Å². The van der Waals surface area contributed by atoms with E-state index in [4.69, 9.17) is 16.3 Å². The van der Waals surface area contributed by atoms with Crippen LogP contribution in [0.15, 0.2) is 58.3 Å². The number of pyridine rings is 1. The Kier molecular flexibility index (Phi) is 5.85. The maximum atomic E-state index is 13.8. The normalized spacial score (nSPS) is 11.8. The fraction of sp³-hybridized carbons (Fsp3) is 0.143. The number of benzene rings is 2. The number of aromatic nitrogens is 3. The molecule has 0 spiro atoms. The zero-order valence-electron chi connectivity index (χ0n) is 17.0. The fourth-order valence-electron chi connectivity index (χ4n) is 3.31. The molecule has 0 amide bonds. The van der Waals surface area contributed by atoms with Crippen LogP contribution in [0.5, 0.6) is 5.75 Å². The first-order valence-electron chi connectivity index (χ1n) is 9.44. The molecule has 8 nitrogen and oxygen atoms in total. The van der Waals surface area contributed by atoms with Gasteiger partial charge in [-0.1, -0.05) is 17.7 Å². The van der Waals surface area contributed by atoms with E-state index in [9.17, 15) is 26.8 Å². The number of fused-ring (bicyclic) bond motifs is 1. The summed E-state index contributed by atoms with van der Waals surface area (Å²) in [5.41, 5.74) is -0.267. The first kappa shape index (κ1) is 22.7. The van der Waals surface area contributed by atoms with Crippen molar-refractivity contribution in [2.45, 2.75) is 13.2 Å². The van der Waals surface area contributed by atoms with E-state index in [2.05, 4.69) is 4.98 Å². The van der Waals surface area contributed by atoms with Gasteiger partial charge in [-0.05, 0) is 35.9 Å². The zero-order valence-corrected chi connectivity index (χ0v) is 18.6. The van der Waals surface area contributed by atoms with Gasteiger partial charge in [0.2, 0.25) is 10.0 Å². The summed E-state index contributed by atoms with van der Waals surface area (Å²) in [6.45, 7) is -0.229. The van der Waals surface area contributed by atoms with E-state index in [0.717, 1.165) is 18.4 Å². The summed E-state index contributed by atoms with van der Waals surface area (Å²) < 4.78 is 58.0. The van der Waals surface area contributed by atoms with Crippen LogP contribution < -0.4 is 16.0 Å². The van der Waals surface area contributed by atoms with Crippen molar-refractivity contribution in [1.29, 1.82) is 0 Å². The predicted octanol–water partition coefficient (Wildman–Crippen LogP) is 2.86. The molecule has 12 heteroatoms. The molecule has 4 aromatic rings. The largest absolute Gasteiger partial charge is 0.487 e. The number of aromatic amines is 1. The lowest BCUT2D eigenvalue weighted by Crippen LogP contribution is -2.23. The van der Waals surface area contributed by atoms with Gasteiger partial charge >= 0.3 is 5.69 Å². The molecule has 0 fully saturated rings. The standard InChI is InChI=1S/C21H16ClF2N3O5S/c1-33(30,31)27-17-8-12(2-5-16(17)25-21(27)29)10-26-7-6-18(19(22)20(26)28)32-11-13-3-4-14(23)9-15(13)24/h2-9H,10-11H2,1H3,(H,25,29). The van der Waals surface area contributed by atoms with Gasteiger partial charge < -0.3 is 14.3 Å². The minimum atomic E-state index is -3.84. The van der Waals surface area contributed by atoms with Gasteiger partial charge in [0.05, 0.1) is 23.8 Å². The highest BCUT2D eigenvalue weighted by Crippen LogP contribution is 2.22. The lowest BCUT2D eigenvalue weighted by molar-refractivity contribution is 0.298. The molecule has 0 radical (unpaired) electrons. The number of H-pyrrole nitrogens is 1. The number of ether oxygens (including phenoxy) is 1. The lowest BCUT2D eigenvalue weighted by atomic mass is 10.2. The van der Waals surface area contributed by atoms with Crippen molar-refractivity contribution >= 4 is 32.7 Å². The van der Waals surface area contributed by atoms with Gasteiger partial charge in [0.15, 0.2) is 0 Å². The van der Waals surface area contributed by atoms with Crippen molar-refractivity contribution in [2.24, 2.45) is 0 Å². The fourth-order valence-corrected chi connectivity index (χ4v) is 4.39. The van der Waals surface area contributed by atoms with Gasteiger partial charge in [-0.3, -0.25) is 4.79 Å². The van der Waals surface area contributed by atoms with Crippen molar-refractivity contribution in [3.8, 4) is 5.75 Å². The van der Waals surface area contributed by atoms with Crippen LogP contribution in [0.25, 0.3) is 11.0 Å². The van der Waals surface area contributed by atoms with Crippen molar-refractivity contribution in [3.63, 3.8) is 0 Å². The Morgan fingerprint density at radius 1 is 1.09 bits per heavy atom. The molecule has 0 aliphatic heterocycles. The lowest BCUT2D eigenvalue weighted by Gasteiger charge is -2.12. The molecule has 2 heterocycles. The minimum Gasteiger partial charge on any atom is -0.487 e. The number of imidazole rings is 1. The van der Waals surface area contributed by atoms with Gasteiger partial charge in [0, 0.05) is 17.8 Å². The van der Waals surface area contributed by atoms with Crippen LogP contribution in [0.1, 0.15) is 11.1 Å². The summed E-state index contributed by atoms with van der Waals surface area (Å²) in [5.74, 6) is -1.48. The second kappa shape index (κ2) is 8.49. The van der Waals surface area contributed by atoms with Crippen LogP contribution in [0.3, 0.4) is 0 Å². The summed E-state index contributed by atoms with van der Waals surface area (Å²) in [7, 11) is -3.84. The van der Waals surface area contributed by atoms with Crippen LogP contribution in [0.2, 0.25) is 5.02 Å². The average molecular weight is 496 g/mol. The second-order valence-corrected chi connectivity index (χ2v) is 9.47. The van der Waals surface area contributed by atoms with E-state index in [0.29, 0.717) is 15.1 Å². The summed E-state index contributed by atoms with van der Waals surface area (Å²) in [5, 5.41) is -0.240. The SMILES string of the molecule is CS(=O)(=O)n1c(=O)[nH]c2ccc(Cn3ccc(OCc4ccc(F)cc4F)c(Cl)c3=O)cc21. The second-order valence-electron chi connectivity index (χ2n) is 7.26. The van der Waals surface area contributed by atoms with Crippen molar-refractivity contribution in [3.05, 3.63) is 97.3 Å². The number of hydrogen-bond acceptors (Lipinski definition) is 5. The van der Waals surface area contributed by atoms with E-state index in [1.54, 1.807) is 6.07 Å². The molecule has 0 bridgehead atoms. The molecule has 4 rings (SSSR count). The third-order valence-corrected chi connectivity index (χ3v) is 6.23. The van der Waals surface area contributed by atoms with Gasteiger partial charge in [0.1, 0.15) is 29.0 Å². The Labute approximate surface area is 190 Å². The quantitative estimate of drug-likeness (QED) is 0.443. The molecule has 33 heavy (non-hydrogen) atoms. The van der Waals surface area contributed by atoms with Gasteiger partial charge in [-0.25, -0.2) is 22.0 Å². The molecule has 172 valence electrons. The van der Waals surface area contributed by atoms with E-state index in [-0.39, 0.29) is 35.0 Å². The number of nitrogens with one attached hydrogen (secondary N) is 1. The first-order chi connectivity index (χ1) is 15.5. The molecule has 0 atom stereocenters. The van der Waals surface area contributed by atoms with Crippen molar-refractivity contribution in [2.75, 3.05) is 6.26 Å². The Balaban J connectivity index is 1.60. The molecule has 2 aromatic heterocycles. The zero-order chi connectivity index (χ0) is 23.9. The minimum absolute atomic E-state index is 0.0219. The third-order valence-electron chi connectivity index (χ3n) is 4.86. The van der Waals surface area contributed by atoms with Gasteiger partial charge in [0.25, 0.3) is 5.56 Å². The highest BCUT2D eigenvalue weighted by atomic mass is 35.5.